The molecule has 3 amide bonds. The zero-order valence-electron chi connectivity index (χ0n) is 15.1. The molecule has 27 heavy (non-hydrogen) atoms. The Balaban J connectivity index is 1.41. The lowest BCUT2D eigenvalue weighted by molar-refractivity contribution is -0.136. The number of amides is 3. The van der Waals surface area contributed by atoms with Crippen LogP contribution in [0.4, 0.5) is 0 Å². The minimum absolute atomic E-state index is 0.122. The molecule has 0 aromatic heterocycles. The predicted octanol–water partition coefficient (Wildman–Crippen LogP) is 0.242. The maximum atomic E-state index is 12.7. The van der Waals surface area contributed by atoms with Gasteiger partial charge in [0, 0.05) is 55.7 Å². The first-order valence-electron chi connectivity index (χ1n) is 9.40. The van der Waals surface area contributed by atoms with Crippen molar-refractivity contribution in [3.63, 3.8) is 0 Å². The van der Waals surface area contributed by atoms with Crippen LogP contribution in [-0.4, -0.2) is 59.3 Å². The maximum Gasteiger partial charge on any atom is 0.255 e. The van der Waals surface area contributed by atoms with Gasteiger partial charge in [-0.3, -0.25) is 19.7 Å². The van der Waals surface area contributed by atoms with Crippen LogP contribution >= 0.6 is 11.8 Å². The summed E-state index contributed by atoms with van der Waals surface area (Å²) in [6.45, 7) is 3.21. The van der Waals surface area contributed by atoms with Crippen molar-refractivity contribution in [3.05, 3.63) is 34.9 Å². The average Bonchev–Trinajstić information content (AvgIpc) is 2.83. The van der Waals surface area contributed by atoms with Crippen LogP contribution in [0.2, 0.25) is 0 Å². The molecule has 2 unspecified atom stereocenters. The van der Waals surface area contributed by atoms with E-state index in [1.165, 1.54) is 0 Å². The highest BCUT2D eigenvalue weighted by Gasteiger charge is 2.39. The van der Waals surface area contributed by atoms with E-state index < -0.39 is 6.04 Å². The second-order valence-electron chi connectivity index (χ2n) is 7.25. The lowest BCUT2D eigenvalue weighted by atomic mass is 10.0. The van der Waals surface area contributed by atoms with Gasteiger partial charge in [-0.25, -0.2) is 0 Å². The summed E-state index contributed by atoms with van der Waals surface area (Å²) in [5, 5.41) is 9.35. The fourth-order valence-electron chi connectivity index (χ4n) is 3.84. The molecule has 0 aliphatic carbocycles. The number of nitrogens with one attached hydrogen (secondary N) is 3. The van der Waals surface area contributed by atoms with Gasteiger partial charge in [-0.15, -0.1) is 0 Å². The van der Waals surface area contributed by atoms with E-state index in [-0.39, 0.29) is 24.1 Å². The van der Waals surface area contributed by atoms with E-state index in [2.05, 4.69) is 22.0 Å². The second kappa shape index (κ2) is 8.00. The second-order valence-corrected chi connectivity index (χ2v) is 8.40. The van der Waals surface area contributed by atoms with E-state index in [1.54, 1.807) is 4.90 Å². The Bertz CT molecular complexity index is 761. The third-order valence-corrected chi connectivity index (χ3v) is 6.45. The molecule has 7 nitrogen and oxygen atoms in total. The highest BCUT2D eigenvalue weighted by molar-refractivity contribution is 7.99. The lowest BCUT2D eigenvalue weighted by Gasteiger charge is -2.29. The van der Waals surface area contributed by atoms with Gasteiger partial charge in [0.25, 0.3) is 5.91 Å². The highest BCUT2D eigenvalue weighted by atomic mass is 32.2. The summed E-state index contributed by atoms with van der Waals surface area (Å²) in [5.41, 5.74) is 2.76. The van der Waals surface area contributed by atoms with Gasteiger partial charge in [0.2, 0.25) is 11.8 Å². The summed E-state index contributed by atoms with van der Waals surface area (Å²) in [7, 11) is 0. The molecule has 0 bridgehead atoms. The average molecular weight is 388 g/mol. The molecule has 1 aromatic rings. The van der Waals surface area contributed by atoms with E-state index in [0.29, 0.717) is 24.6 Å². The molecule has 0 saturated carbocycles. The first kappa shape index (κ1) is 18.5. The predicted molar refractivity (Wildman–Crippen MR) is 103 cm³/mol. The van der Waals surface area contributed by atoms with E-state index >= 15 is 0 Å². The molecule has 8 heteroatoms. The molecule has 3 N–H and O–H groups in total. The molecule has 0 radical (unpaired) electrons. The topological polar surface area (TPSA) is 90.5 Å². The Morgan fingerprint density at radius 1 is 1.26 bits per heavy atom. The lowest BCUT2D eigenvalue weighted by Crippen LogP contribution is -2.52. The molecule has 2 saturated heterocycles. The number of nitrogens with zero attached hydrogens (tertiary/aromatic N) is 1. The van der Waals surface area contributed by atoms with Crippen LogP contribution in [0.25, 0.3) is 0 Å². The summed E-state index contributed by atoms with van der Waals surface area (Å²) < 4.78 is 0. The zero-order valence-corrected chi connectivity index (χ0v) is 15.9. The van der Waals surface area contributed by atoms with Gasteiger partial charge in [-0.1, -0.05) is 12.1 Å². The standard InChI is InChI=1S/C19H24N4O3S/c24-17-4-3-16(18(25)22-17)23-10-13-7-12(1-2-15(13)19(23)26)8-21-14-9-20-5-6-27-11-14/h1-2,7,14,16,20-21H,3-6,8-11H2,(H,22,24,25). The number of thioether (sulfide) groups is 1. The number of carbonyl (C=O) groups excluding carboxylic acids is 3. The number of imide groups is 1. The third-order valence-electron chi connectivity index (χ3n) is 5.32. The van der Waals surface area contributed by atoms with Gasteiger partial charge in [-0.05, 0) is 23.6 Å². The molecule has 3 heterocycles. The summed E-state index contributed by atoms with van der Waals surface area (Å²) in [4.78, 5) is 37.8. The quantitative estimate of drug-likeness (QED) is 0.641. The minimum atomic E-state index is -0.557. The van der Waals surface area contributed by atoms with Crippen molar-refractivity contribution in [1.82, 2.24) is 20.9 Å². The van der Waals surface area contributed by atoms with Crippen LogP contribution in [0.1, 0.15) is 34.3 Å². The molecule has 3 aliphatic rings. The molecule has 4 rings (SSSR count). The molecule has 2 atom stereocenters. The van der Waals surface area contributed by atoms with Crippen molar-refractivity contribution in [2.45, 2.75) is 38.0 Å². The Morgan fingerprint density at radius 2 is 2.15 bits per heavy atom. The number of fused-ring (bicyclic) bond motifs is 1. The van der Waals surface area contributed by atoms with Crippen molar-refractivity contribution in [1.29, 1.82) is 0 Å². The van der Waals surface area contributed by atoms with Gasteiger partial charge in [-0.2, -0.15) is 11.8 Å². The normalized spacial score (nSPS) is 25.9. The molecule has 0 spiro atoms. The Morgan fingerprint density at radius 3 is 3.00 bits per heavy atom. The van der Waals surface area contributed by atoms with Crippen LogP contribution in [0.5, 0.6) is 0 Å². The van der Waals surface area contributed by atoms with E-state index in [0.717, 1.165) is 42.3 Å². The number of carbonyl (C=O) groups is 3. The highest BCUT2D eigenvalue weighted by Crippen LogP contribution is 2.28. The summed E-state index contributed by atoms with van der Waals surface area (Å²) >= 11 is 1.96. The SMILES string of the molecule is O=C1CCC(N2Cc3cc(CNC4CNCCSC4)ccc3C2=O)C(=O)N1. The van der Waals surface area contributed by atoms with Gasteiger partial charge in [0.15, 0.2) is 0 Å². The number of benzene rings is 1. The molecule has 144 valence electrons. The van der Waals surface area contributed by atoms with Crippen molar-refractivity contribution in [2.24, 2.45) is 0 Å². The van der Waals surface area contributed by atoms with Gasteiger partial charge in [0.1, 0.15) is 6.04 Å². The Labute approximate surface area is 162 Å². The van der Waals surface area contributed by atoms with Crippen LogP contribution in [0.15, 0.2) is 18.2 Å². The van der Waals surface area contributed by atoms with Gasteiger partial charge >= 0.3 is 0 Å². The van der Waals surface area contributed by atoms with Gasteiger partial charge in [0.05, 0.1) is 0 Å². The van der Waals surface area contributed by atoms with Crippen LogP contribution < -0.4 is 16.0 Å². The van der Waals surface area contributed by atoms with E-state index in [4.69, 9.17) is 0 Å². The Kier molecular flexibility index (Phi) is 5.47. The molecular weight excluding hydrogens is 364 g/mol. The smallest absolute Gasteiger partial charge is 0.255 e. The fraction of sp³-hybridized carbons (Fsp3) is 0.526. The van der Waals surface area contributed by atoms with Crippen molar-refractivity contribution in [2.75, 3.05) is 24.6 Å². The first-order chi connectivity index (χ1) is 13.1. The summed E-state index contributed by atoms with van der Waals surface area (Å²) in [6.07, 6.45) is 0.671. The van der Waals surface area contributed by atoms with Crippen LogP contribution in [0.3, 0.4) is 0 Å². The molecule has 2 fully saturated rings. The maximum absolute atomic E-state index is 12.7. The molecule has 3 aliphatic heterocycles. The molecule has 1 aromatic carbocycles. The summed E-state index contributed by atoms with van der Waals surface area (Å²) in [5.74, 6) is 1.49. The monoisotopic (exact) mass is 388 g/mol. The van der Waals surface area contributed by atoms with Crippen LogP contribution in [-0.2, 0) is 22.7 Å². The van der Waals surface area contributed by atoms with Crippen LogP contribution in [0, 0.1) is 0 Å². The van der Waals surface area contributed by atoms with E-state index in [1.807, 2.05) is 23.9 Å². The van der Waals surface area contributed by atoms with Gasteiger partial charge < -0.3 is 15.5 Å². The number of hydrogen-bond acceptors (Lipinski definition) is 6. The van der Waals surface area contributed by atoms with Crippen molar-refractivity contribution < 1.29 is 14.4 Å². The van der Waals surface area contributed by atoms with E-state index in [9.17, 15) is 14.4 Å². The zero-order chi connectivity index (χ0) is 18.8. The number of rotatable bonds is 4. The van der Waals surface area contributed by atoms with Crippen molar-refractivity contribution in [3.8, 4) is 0 Å². The third kappa shape index (κ3) is 4.02. The van der Waals surface area contributed by atoms with Crippen molar-refractivity contribution >= 4 is 29.5 Å². The largest absolute Gasteiger partial charge is 0.322 e. The minimum Gasteiger partial charge on any atom is -0.322 e. The summed E-state index contributed by atoms with van der Waals surface area (Å²) in [6, 6.07) is 5.78. The first-order valence-corrected chi connectivity index (χ1v) is 10.6. The Hall–Kier alpha value is -1.90. The number of hydrogen-bond donors (Lipinski definition) is 3. The fourth-order valence-corrected chi connectivity index (χ4v) is 4.81. The molecular formula is C19H24N4O3S. The number of piperidine rings is 1.